The molecule has 3 saturated carbocycles. The Balaban J connectivity index is 1.20. The fourth-order valence-electron chi connectivity index (χ4n) is 9.51. The van der Waals surface area contributed by atoms with Crippen molar-refractivity contribution in [1.82, 2.24) is 9.78 Å². The molecule has 41 heavy (non-hydrogen) atoms. The fraction of sp³-hybridized carbons (Fsp3) is 0.594. The molecule has 1 aliphatic heterocycles. The quantitative estimate of drug-likeness (QED) is 0.394. The third kappa shape index (κ3) is 4.17. The van der Waals surface area contributed by atoms with E-state index in [-0.39, 0.29) is 40.1 Å². The van der Waals surface area contributed by atoms with Gasteiger partial charge in [0.05, 0.1) is 29.6 Å². The van der Waals surface area contributed by atoms with E-state index in [4.69, 9.17) is 9.47 Å². The van der Waals surface area contributed by atoms with Gasteiger partial charge in [0.2, 0.25) is 0 Å². The van der Waals surface area contributed by atoms with E-state index >= 15 is 0 Å². The average molecular weight is 581 g/mol. The van der Waals surface area contributed by atoms with Gasteiger partial charge in [0.1, 0.15) is 11.9 Å². The summed E-state index contributed by atoms with van der Waals surface area (Å²) in [5, 5.41) is 16.3. The van der Waals surface area contributed by atoms with E-state index in [9.17, 15) is 19.1 Å². The number of fused-ring (bicyclic) bond motifs is 6. The number of aliphatic hydroxyl groups excluding tert-OH is 1. The van der Waals surface area contributed by atoms with Gasteiger partial charge in [-0.2, -0.15) is 5.10 Å². The number of benzene rings is 1. The van der Waals surface area contributed by atoms with Crippen LogP contribution in [0, 0.1) is 40.3 Å². The lowest BCUT2D eigenvalue weighted by molar-refractivity contribution is -0.163. The molecule has 9 heteroatoms. The third-order valence-electron chi connectivity index (χ3n) is 11.2. The van der Waals surface area contributed by atoms with Gasteiger partial charge in [-0.15, -0.1) is 12.6 Å². The van der Waals surface area contributed by atoms with Gasteiger partial charge in [0.15, 0.2) is 11.2 Å². The summed E-state index contributed by atoms with van der Waals surface area (Å²) >= 11 is 4.28. The summed E-state index contributed by atoms with van der Waals surface area (Å²) in [4.78, 5) is 25.9. The number of halogens is 1. The molecule has 0 spiro atoms. The predicted octanol–water partition coefficient (Wildman–Crippen LogP) is 4.94. The Bertz CT molecular complexity index is 1420. The molecule has 9 atom stereocenters. The number of esters is 1. The molecule has 4 aliphatic carbocycles. The van der Waals surface area contributed by atoms with Crippen molar-refractivity contribution in [2.45, 2.75) is 77.1 Å². The smallest absolute Gasteiger partial charge is 0.335 e. The van der Waals surface area contributed by atoms with Crippen LogP contribution in [-0.4, -0.2) is 50.9 Å². The molecule has 2 aromatic rings. The van der Waals surface area contributed by atoms with Gasteiger partial charge in [-0.05, 0) is 109 Å². The third-order valence-corrected chi connectivity index (χ3v) is 11.5. The first kappa shape index (κ1) is 27.3. The average Bonchev–Trinajstić information content (AvgIpc) is 3.65. The minimum Gasteiger partial charge on any atom is -0.460 e. The van der Waals surface area contributed by atoms with E-state index in [2.05, 4.69) is 37.7 Å². The number of aromatic nitrogens is 2. The topological polar surface area (TPSA) is 90.7 Å². The van der Waals surface area contributed by atoms with Crippen molar-refractivity contribution in [1.29, 1.82) is 0 Å². The van der Waals surface area contributed by atoms with Crippen LogP contribution in [0.4, 0.5) is 4.39 Å². The van der Waals surface area contributed by atoms with Gasteiger partial charge in [-0.1, -0.05) is 19.4 Å². The SMILES string of the molecule is C[C@]12C[C@H](O)[C@H]3[C@@H](CCC4=Cc5c(cnn5-c5ccc(F)cc5)C[C@@]43C)[C@@H]1CC(OC(=O)C1CCCO1)[C@@H]2C(=O)S. The van der Waals surface area contributed by atoms with Crippen molar-refractivity contribution in [2.24, 2.45) is 34.5 Å². The highest BCUT2D eigenvalue weighted by Gasteiger charge is 2.66. The summed E-state index contributed by atoms with van der Waals surface area (Å²) in [6.45, 7) is 4.91. The fourth-order valence-corrected chi connectivity index (χ4v) is 9.97. The van der Waals surface area contributed by atoms with Crippen LogP contribution in [0.1, 0.15) is 63.6 Å². The maximum Gasteiger partial charge on any atom is 0.335 e. The van der Waals surface area contributed by atoms with Crippen LogP contribution < -0.4 is 0 Å². The second kappa shape index (κ2) is 9.78. The standard InChI is InChI=1S/C32H37FN2O5S/c1-31-14-17-16-34-35(20-8-6-19(33)7-9-20)23(17)12-18(31)5-10-21-22-13-26(40-29(37)25-4-3-11-39-25)28(30(38)41)32(22,2)15-24(36)27(21)31/h6-9,12,16,21-22,24-28,36H,3-5,10-11,13-15H2,1-2H3,(H,38,41)/t21-,22-,24-,25?,26?,27+,28+,31-,32-/m0/s1. The Hall–Kier alpha value is -2.49. The zero-order chi connectivity index (χ0) is 28.7. The number of ether oxygens (including phenoxy) is 2. The maximum absolute atomic E-state index is 13.6. The molecule has 5 aliphatic rings. The van der Waals surface area contributed by atoms with Gasteiger partial charge in [-0.3, -0.25) is 4.79 Å². The molecule has 0 amide bonds. The van der Waals surface area contributed by atoms with Crippen LogP contribution in [-0.2, 0) is 25.5 Å². The Kier molecular flexibility index (Phi) is 6.52. The van der Waals surface area contributed by atoms with Crippen molar-refractivity contribution in [3.8, 4) is 5.69 Å². The number of allylic oxidation sites excluding steroid dienone is 1. The Morgan fingerprint density at radius 3 is 2.71 bits per heavy atom. The highest BCUT2D eigenvalue weighted by atomic mass is 32.1. The first-order chi connectivity index (χ1) is 19.6. The van der Waals surface area contributed by atoms with Gasteiger partial charge < -0.3 is 14.6 Å². The van der Waals surface area contributed by atoms with Crippen molar-refractivity contribution in [3.05, 3.63) is 53.1 Å². The lowest BCUT2D eigenvalue weighted by Gasteiger charge is -2.59. The Labute approximate surface area is 244 Å². The Morgan fingerprint density at radius 2 is 2.00 bits per heavy atom. The van der Waals surface area contributed by atoms with Crippen molar-refractivity contribution < 1.29 is 28.6 Å². The largest absolute Gasteiger partial charge is 0.460 e. The molecule has 1 aromatic carbocycles. The van der Waals surface area contributed by atoms with E-state index in [1.807, 2.05) is 10.9 Å². The second-order valence-corrected chi connectivity index (χ2v) is 13.8. The van der Waals surface area contributed by atoms with Crippen LogP contribution >= 0.6 is 12.6 Å². The number of carbonyl (C=O) groups excluding carboxylic acids is 2. The van der Waals surface area contributed by atoms with Crippen molar-refractivity contribution in [3.63, 3.8) is 0 Å². The highest BCUT2D eigenvalue weighted by molar-refractivity contribution is 7.96. The molecule has 2 unspecified atom stereocenters. The van der Waals surface area contributed by atoms with Gasteiger partial charge in [-0.25, -0.2) is 13.9 Å². The Morgan fingerprint density at radius 1 is 1.22 bits per heavy atom. The molecule has 0 radical (unpaired) electrons. The minimum absolute atomic E-state index is 0.00572. The molecule has 1 saturated heterocycles. The summed E-state index contributed by atoms with van der Waals surface area (Å²) in [7, 11) is 0. The van der Waals surface area contributed by atoms with Crippen LogP contribution in [0.2, 0.25) is 0 Å². The molecule has 7 rings (SSSR count). The van der Waals surface area contributed by atoms with E-state index < -0.39 is 29.6 Å². The molecule has 1 N–H and O–H groups in total. The number of rotatable bonds is 4. The normalized spacial score (nSPS) is 39.2. The van der Waals surface area contributed by atoms with Gasteiger partial charge in [0.25, 0.3) is 0 Å². The van der Waals surface area contributed by atoms with E-state index in [1.54, 1.807) is 12.1 Å². The molecule has 7 nitrogen and oxygen atoms in total. The maximum atomic E-state index is 13.6. The summed E-state index contributed by atoms with van der Waals surface area (Å²) < 4.78 is 27.0. The summed E-state index contributed by atoms with van der Waals surface area (Å²) in [5.74, 6) is -0.915. The zero-order valence-corrected chi connectivity index (χ0v) is 24.4. The number of hydrogen-bond acceptors (Lipinski definition) is 6. The second-order valence-electron chi connectivity index (χ2n) is 13.3. The number of thiol groups is 1. The highest BCUT2D eigenvalue weighted by Crippen LogP contribution is 2.67. The van der Waals surface area contributed by atoms with Gasteiger partial charge >= 0.3 is 5.97 Å². The van der Waals surface area contributed by atoms with Crippen molar-refractivity contribution >= 4 is 29.8 Å². The lowest BCUT2D eigenvalue weighted by atomic mass is 9.46. The molecular weight excluding hydrogens is 543 g/mol. The van der Waals surface area contributed by atoms with E-state index in [1.165, 1.54) is 17.7 Å². The first-order valence-electron chi connectivity index (χ1n) is 14.9. The monoisotopic (exact) mass is 580 g/mol. The number of hydrogen-bond donors (Lipinski definition) is 2. The molecular formula is C32H37FN2O5S. The van der Waals surface area contributed by atoms with Crippen LogP contribution in [0.15, 0.2) is 36.0 Å². The zero-order valence-electron chi connectivity index (χ0n) is 23.5. The van der Waals surface area contributed by atoms with Crippen molar-refractivity contribution in [2.75, 3.05) is 6.61 Å². The predicted molar refractivity (Wildman–Crippen MR) is 153 cm³/mol. The van der Waals surface area contributed by atoms with E-state index in [0.29, 0.717) is 25.9 Å². The summed E-state index contributed by atoms with van der Waals surface area (Å²) in [6, 6.07) is 6.36. The molecule has 218 valence electrons. The van der Waals surface area contributed by atoms with Crippen LogP contribution in [0.25, 0.3) is 11.8 Å². The molecule has 0 bridgehead atoms. The summed E-state index contributed by atoms with van der Waals surface area (Å²) in [6.07, 6.45) is 7.46. The van der Waals surface area contributed by atoms with Crippen LogP contribution in [0.5, 0.6) is 0 Å². The number of carbonyl (C=O) groups is 2. The van der Waals surface area contributed by atoms with E-state index in [0.717, 1.165) is 42.6 Å². The number of aliphatic hydroxyl groups is 1. The van der Waals surface area contributed by atoms with Crippen LogP contribution in [0.3, 0.4) is 0 Å². The lowest BCUT2D eigenvalue weighted by Crippen LogP contribution is -2.57. The minimum atomic E-state index is -0.605. The van der Waals surface area contributed by atoms with Gasteiger partial charge in [0, 0.05) is 6.61 Å². The molecule has 4 fully saturated rings. The summed E-state index contributed by atoms with van der Waals surface area (Å²) in [5.41, 5.74) is 3.47. The molecule has 2 heterocycles. The molecule has 1 aromatic heterocycles. The first-order valence-corrected chi connectivity index (χ1v) is 15.3. The number of nitrogens with zero attached hydrogens (tertiary/aromatic N) is 2.